The van der Waals surface area contributed by atoms with Gasteiger partial charge in [-0.3, -0.25) is 4.57 Å². The number of para-hydroxylation sites is 2. The molecule has 0 unspecified atom stereocenters. The minimum Gasteiger partial charge on any atom is -0.307 e. The zero-order chi connectivity index (χ0) is 49.0. The van der Waals surface area contributed by atoms with E-state index in [4.69, 9.17) is 15.0 Å². The van der Waals surface area contributed by atoms with E-state index in [0.717, 1.165) is 88.2 Å². The third-order valence-electron chi connectivity index (χ3n) is 14.4. The Morgan fingerprint density at radius 2 is 0.608 bits per heavy atom. The van der Waals surface area contributed by atoms with Gasteiger partial charge in [0.2, 0.25) is 5.95 Å². The van der Waals surface area contributed by atoms with Gasteiger partial charge in [0.1, 0.15) is 0 Å². The average Bonchev–Trinajstić information content (AvgIpc) is 4.02. The van der Waals surface area contributed by atoms with E-state index < -0.39 is 0 Å². The summed E-state index contributed by atoms with van der Waals surface area (Å²) in [6.07, 6.45) is 0. The van der Waals surface area contributed by atoms with Gasteiger partial charge < -0.3 is 4.57 Å². The first-order valence-corrected chi connectivity index (χ1v) is 25.1. The summed E-state index contributed by atoms with van der Waals surface area (Å²) < 4.78 is 4.74. The zero-order valence-electron chi connectivity index (χ0n) is 40.2. The predicted octanol–water partition coefficient (Wildman–Crippen LogP) is 17.7. The number of aromatic nitrogens is 5. The number of hydrogen-bond acceptors (Lipinski definition) is 3. The number of hydrogen-bond donors (Lipinski definition) is 0. The van der Waals surface area contributed by atoms with Crippen LogP contribution in [0.2, 0.25) is 0 Å². The van der Waals surface area contributed by atoms with Crippen molar-refractivity contribution in [3.8, 4) is 90.0 Å². The van der Waals surface area contributed by atoms with Crippen molar-refractivity contribution >= 4 is 43.6 Å². The molecule has 0 spiro atoms. The van der Waals surface area contributed by atoms with E-state index in [0.29, 0.717) is 17.6 Å². The van der Waals surface area contributed by atoms with Crippen molar-refractivity contribution in [1.82, 2.24) is 24.1 Å². The largest absolute Gasteiger partial charge is 0.307 e. The molecule has 0 saturated heterocycles. The minimum atomic E-state index is 0.549. The molecule has 0 fully saturated rings. The molecule has 3 aromatic heterocycles. The lowest BCUT2D eigenvalue weighted by atomic mass is 9.91. The van der Waals surface area contributed by atoms with Crippen molar-refractivity contribution in [2.75, 3.05) is 0 Å². The van der Waals surface area contributed by atoms with Crippen LogP contribution in [0, 0.1) is 0 Å². The molecule has 3 heterocycles. The van der Waals surface area contributed by atoms with Crippen LogP contribution in [-0.2, 0) is 0 Å². The molecule has 0 amide bonds. The van der Waals surface area contributed by atoms with Crippen LogP contribution in [0.25, 0.3) is 134 Å². The van der Waals surface area contributed by atoms with Crippen molar-refractivity contribution in [2.45, 2.75) is 0 Å². The molecule has 14 aromatic rings. The van der Waals surface area contributed by atoms with Crippen LogP contribution in [0.1, 0.15) is 0 Å². The summed E-state index contributed by atoms with van der Waals surface area (Å²) in [5.74, 6) is 1.77. The standard InChI is InChI=1S/C69H45N5/c1-5-21-46(22-6-1)50-29-19-30-51(41-50)54-43-55(52-31-20-32-53(42-52)58-34-14-13-33-57(58)47-23-7-2-8-24-47)45-56(44-54)73-63-37-17-15-35-59(63)61-39-40-62-60-36-16-18-38-64(60)74(66(62)65(61)73)69-71-67(48-25-9-3-10-26-48)70-68(72-69)49-27-11-4-12-28-49/h1-45H. The molecule has 5 nitrogen and oxygen atoms in total. The highest BCUT2D eigenvalue weighted by molar-refractivity contribution is 6.23. The van der Waals surface area contributed by atoms with Crippen molar-refractivity contribution in [3.63, 3.8) is 0 Å². The smallest absolute Gasteiger partial charge is 0.238 e. The van der Waals surface area contributed by atoms with E-state index in [1.165, 1.54) is 27.8 Å². The normalized spacial score (nSPS) is 11.5. The third kappa shape index (κ3) is 7.46. The molecule has 346 valence electrons. The fourth-order valence-electron chi connectivity index (χ4n) is 10.9. The summed E-state index contributed by atoms with van der Waals surface area (Å²) in [7, 11) is 0. The second kappa shape index (κ2) is 18.0. The molecule has 74 heavy (non-hydrogen) atoms. The number of nitrogens with zero attached hydrogens (tertiary/aromatic N) is 5. The molecule has 0 aliphatic rings. The first kappa shape index (κ1) is 42.9. The van der Waals surface area contributed by atoms with Gasteiger partial charge in [-0.25, -0.2) is 4.98 Å². The molecule has 0 bridgehead atoms. The number of fused-ring (bicyclic) bond motifs is 7. The van der Waals surface area contributed by atoms with Gasteiger partial charge in [-0.05, 0) is 98.1 Å². The van der Waals surface area contributed by atoms with Gasteiger partial charge in [0.05, 0.1) is 22.1 Å². The van der Waals surface area contributed by atoms with Crippen LogP contribution >= 0.6 is 0 Å². The van der Waals surface area contributed by atoms with Crippen LogP contribution < -0.4 is 0 Å². The highest BCUT2D eigenvalue weighted by Gasteiger charge is 2.24. The van der Waals surface area contributed by atoms with E-state index in [2.05, 4.69) is 246 Å². The maximum absolute atomic E-state index is 5.37. The molecule has 11 aromatic carbocycles. The van der Waals surface area contributed by atoms with Gasteiger partial charge in [-0.2, -0.15) is 9.97 Å². The molecule has 0 N–H and O–H groups in total. The fraction of sp³-hybridized carbons (Fsp3) is 0. The van der Waals surface area contributed by atoms with Crippen LogP contribution in [0.15, 0.2) is 273 Å². The van der Waals surface area contributed by atoms with Crippen LogP contribution in [0.4, 0.5) is 0 Å². The Morgan fingerprint density at radius 3 is 1.16 bits per heavy atom. The lowest BCUT2D eigenvalue weighted by molar-refractivity contribution is 0.953. The van der Waals surface area contributed by atoms with Gasteiger partial charge >= 0.3 is 0 Å². The lowest BCUT2D eigenvalue weighted by Gasteiger charge is -2.17. The zero-order valence-corrected chi connectivity index (χ0v) is 40.2. The van der Waals surface area contributed by atoms with E-state index in [1.807, 2.05) is 36.4 Å². The molecule has 0 saturated carbocycles. The first-order valence-electron chi connectivity index (χ1n) is 25.1. The maximum Gasteiger partial charge on any atom is 0.238 e. The Kier molecular flexibility index (Phi) is 10.4. The van der Waals surface area contributed by atoms with E-state index in [-0.39, 0.29) is 0 Å². The van der Waals surface area contributed by atoms with Gasteiger partial charge in [0.25, 0.3) is 0 Å². The van der Waals surface area contributed by atoms with Crippen molar-refractivity contribution in [1.29, 1.82) is 0 Å². The van der Waals surface area contributed by atoms with E-state index in [9.17, 15) is 0 Å². The molecular formula is C69H45N5. The summed E-state index contributed by atoms with van der Waals surface area (Å²) in [5, 5.41) is 4.51. The van der Waals surface area contributed by atoms with Crippen molar-refractivity contribution in [2.24, 2.45) is 0 Å². The Morgan fingerprint density at radius 1 is 0.230 bits per heavy atom. The lowest BCUT2D eigenvalue weighted by Crippen LogP contribution is -2.07. The van der Waals surface area contributed by atoms with Gasteiger partial charge in [-0.1, -0.05) is 231 Å². The molecule has 0 atom stereocenters. The fourth-order valence-corrected chi connectivity index (χ4v) is 10.9. The molecule has 0 radical (unpaired) electrons. The topological polar surface area (TPSA) is 48.5 Å². The molecule has 0 aliphatic carbocycles. The summed E-state index contributed by atoms with van der Waals surface area (Å²) in [6.45, 7) is 0. The van der Waals surface area contributed by atoms with Crippen LogP contribution in [-0.4, -0.2) is 24.1 Å². The van der Waals surface area contributed by atoms with Crippen LogP contribution in [0.5, 0.6) is 0 Å². The van der Waals surface area contributed by atoms with Gasteiger partial charge in [0, 0.05) is 38.4 Å². The Bertz CT molecular complexity index is 4350. The van der Waals surface area contributed by atoms with E-state index >= 15 is 0 Å². The summed E-state index contributed by atoms with van der Waals surface area (Å²) in [4.78, 5) is 15.8. The first-order chi connectivity index (χ1) is 36.7. The predicted molar refractivity (Wildman–Crippen MR) is 307 cm³/mol. The van der Waals surface area contributed by atoms with Crippen molar-refractivity contribution < 1.29 is 0 Å². The van der Waals surface area contributed by atoms with Gasteiger partial charge in [0.15, 0.2) is 11.6 Å². The highest BCUT2D eigenvalue weighted by atomic mass is 15.2. The number of benzene rings is 11. The van der Waals surface area contributed by atoms with E-state index in [1.54, 1.807) is 0 Å². The highest BCUT2D eigenvalue weighted by Crippen LogP contribution is 2.44. The minimum absolute atomic E-state index is 0.549. The Hall–Kier alpha value is -9.97. The molecule has 0 aliphatic heterocycles. The summed E-state index contributed by atoms with van der Waals surface area (Å²) in [6, 6.07) is 97.5. The SMILES string of the molecule is c1ccc(-c2cccc(-c3cc(-c4cccc(-c5ccccc5-c5ccccc5)c4)cc(-n4c5ccccc5c5ccc6c7ccccc7n(-c7nc(-c8ccccc8)nc(-c8ccccc8)n7)c6c54)c3)c2)cc1. The Balaban J connectivity index is 1.06. The Labute approximate surface area is 428 Å². The third-order valence-corrected chi connectivity index (χ3v) is 14.4. The molecule has 5 heteroatoms. The monoisotopic (exact) mass is 943 g/mol. The molecule has 14 rings (SSSR count). The van der Waals surface area contributed by atoms with Crippen LogP contribution in [0.3, 0.4) is 0 Å². The molecular weight excluding hydrogens is 899 g/mol. The average molecular weight is 944 g/mol. The number of rotatable bonds is 9. The maximum atomic E-state index is 5.37. The second-order valence-corrected chi connectivity index (χ2v) is 18.8. The summed E-state index contributed by atoms with van der Waals surface area (Å²) in [5.41, 5.74) is 18.6. The van der Waals surface area contributed by atoms with Gasteiger partial charge in [-0.15, -0.1) is 0 Å². The second-order valence-electron chi connectivity index (χ2n) is 18.8. The summed E-state index contributed by atoms with van der Waals surface area (Å²) >= 11 is 0. The quantitative estimate of drug-likeness (QED) is 0.145. The van der Waals surface area contributed by atoms with Crippen molar-refractivity contribution in [3.05, 3.63) is 273 Å².